The molecule has 9 heteroatoms. The molecule has 30 heavy (non-hydrogen) atoms. The highest BCUT2D eigenvalue weighted by Crippen LogP contribution is 2.23. The molecule has 0 unspecified atom stereocenters. The fourth-order valence-electron chi connectivity index (χ4n) is 3.80. The maximum absolute atomic E-state index is 13.1. The fourth-order valence-corrected chi connectivity index (χ4v) is 4.98. The maximum atomic E-state index is 13.1. The Hall–Kier alpha value is -2.62. The highest BCUT2D eigenvalue weighted by Gasteiger charge is 2.23. The molecule has 160 valence electrons. The van der Waals surface area contributed by atoms with Gasteiger partial charge in [0.05, 0.1) is 29.1 Å². The van der Waals surface area contributed by atoms with E-state index >= 15 is 0 Å². The molecule has 1 fully saturated rings. The van der Waals surface area contributed by atoms with Crippen LogP contribution in [0, 0.1) is 0 Å². The second-order valence-electron chi connectivity index (χ2n) is 7.58. The second kappa shape index (κ2) is 7.90. The molecular weight excluding hydrogens is 404 g/mol. The SMILES string of the molecule is CN(Cc1ccc(N2CCOCC2)cc1)S(=O)(=O)c1ccc2c(c1)n(C)c(=O)n2C. The Morgan fingerprint density at radius 3 is 2.27 bits per heavy atom. The van der Waals surface area contributed by atoms with Crippen LogP contribution < -0.4 is 10.6 Å². The van der Waals surface area contributed by atoms with Crippen molar-refractivity contribution in [2.75, 3.05) is 38.3 Å². The number of hydrogen-bond donors (Lipinski definition) is 0. The van der Waals surface area contributed by atoms with Crippen molar-refractivity contribution in [1.82, 2.24) is 13.4 Å². The number of benzene rings is 2. The lowest BCUT2D eigenvalue weighted by atomic mass is 10.2. The summed E-state index contributed by atoms with van der Waals surface area (Å²) in [6.45, 7) is 3.42. The van der Waals surface area contributed by atoms with E-state index in [0.29, 0.717) is 11.0 Å². The first-order chi connectivity index (χ1) is 14.3. The number of fused-ring (bicyclic) bond motifs is 1. The van der Waals surface area contributed by atoms with E-state index < -0.39 is 10.0 Å². The van der Waals surface area contributed by atoms with Gasteiger partial charge in [0.15, 0.2) is 0 Å². The Bertz CT molecular complexity index is 1220. The molecule has 1 aromatic heterocycles. The third-order valence-electron chi connectivity index (χ3n) is 5.67. The number of nitrogens with zero attached hydrogens (tertiary/aromatic N) is 4. The topological polar surface area (TPSA) is 76.8 Å². The Morgan fingerprint density at radius 2 is 1.60 bits per heavy atom. The molecule has 1 aliphatic rings. The number of hydrogen-bond acceptors (Lipinski definition) is 5. The summed E-state index contributed by atoms with van der Waals surface area (Å²) in [6, 6.07) is 12.7. The van der Waals surface area contributed by atoms with Gasteiger partial charge in [-0.15, -0.1) is 0 Å². The van der Waals surface area contributed by atoms with Gasteiger partial charge >= 0.3 is 5.69 Å². The predicted molar refractivity (Wildman–Crippen MR) is 116 cm³/mol. The average molecular weight is 431 g/mol. The van der Waals surface area contributed by atoms with Crippen LogP contribution in [0.1, 0.15) is 5.56 Å². The van der Waals surface area contributed by atoms with Gasteiger partial charge in [-0.05, 0) is 35.9 Å². The van der Waals surface area contributed by atoms with E-state index in [1.807, 2.05) is 24.3 Å². The van der Waals surface area contributed by atoms with Gasteiger partial charge in [-0.1, -0.05) is 12.1 Å². The largest absolute Gasteiger partial charge is 0.378 e. The molecule has 0 saturated carbocycles. The molecule has 8 nitrogen and oxygen atoms in total. The number of aryl methyl sites for hydroxylation is 2. The van der Waals surface area contributed by atoms with E-state index in [2.05, 4.69) is 4.90 Å². The summed E-state index contributed by atoms with van der Waals surface area (Å²) in [5.41, 5.74) is 3.12. The van der Waals surface area contributed by atoms with Crippen LogP contribution in [0.2, 0.25) is 0 Å². The number of aromatic nitrogens is 2. The first-order valence-corrected chi connectivity index (χ1v) is 11.3. The van der Waals surface area contributed by atoms with Gasteiger partial charge in [0.2, 0.25) is 10.0 Å². The number of sulfonamides is 1. The van der Waals surface area contributed by atoms with Crippen LogP contribution in [-0.2, 0) is 35.4 Å². The van der Waals surface area contributed by atoms with E-state index in [-0.39, 0.29) is 17.1 Å². The number of rotatable bonds is 5. The van der Waals surface area contributed by atoms with E-state index in [1.54, 1.807) is 39.3 Å². The summed E-state index contributed by atoms with van der Waals surface area (Å²) in [5.74, 6) is 0. The lowest BCUT2D eigenvalue weighted by Crippen LogP contribution is -2.36. The Morgan fingerprint density at radius 1 is 0.967 bits per heavy atom. The normalized spacial score (nSPS) is 15.3. The molecule has 4 rings (SSSR count). The Labute approximate surface area is 175 Å². The van der Waals surface area contributed by atoms with Crippen LogP contribution >= 0.6 is 0 Å². The van der Waals surface area contributed by atoms with Crippen molar-refractivity contribution in [1.29, 1.82) is 0 Å². The summed E-state index contributed by atoms with van der Waals surface area (Å²) in [5, 5.41) is 0. The van der Waals surface area contributed by atoms with Crippen LogP contribution in [0.15, 0.2) is 52.2 Å². The van der Waals surface area contributed by atoms with E-state index in [0.717, 1.165) is 37.6 Å². The first kappa shape index (κ1) is 20.6. The number of ether oxygens (including phenoxy) is 1. The van der Waals surface area contributed by atoms with E-state index in [4.69, 9.17) is 4.74 Å². The van der Waals surface area contributed by atoms with Crippen LogP contribution in [0.4, 0.5) is 5.69 Å². The zero-order chi connectivity index (χ0) is 21.5. The zero-order valence-electron chi connectivity index (χ0n) is 17.4. The fraction of sp³-hybridized carbons (Fsp3) is 0.381. The smallest absolute Gasteiger partial charge is 0.328 e. The molecule has 0 bridgehead atoms. The molecule has 0 radical (unpaired) electrons. The Balaban J connectivity index is 1.55. The summed E-state index contributed by atoms with van der Waals surface area (Å²) < 4.78 is 35.9. The maximum Gasteiger partial charge on any atom is 0.328 e. The van der Waals surface area contributed by atoms with Crippen molar-refractivity contribution in [3.8, 4) is 0 Å². The molecule has 0 aliphatic carbocycles. The number of anilines is 1. The molecular formula is C21H26N4O4S. The summed E-state index contributed by atoms with van der Waals surface area (Å²) in [7, 11) is 1.18. The van der Waals surface area contributed by atoms with Gasteiger partial charge in [-0.2, -0.15) is 4.31 Å². The van der Waals surface area contributed by atoms with Crippen molar-refractivity contribution in [3.63, 3.8) is 0 Å². The third kappa shape index (κ3) is 3.64. The minimum absolute atomic E-state index is 0.170. The van der Waals surface area contributed by atoms with Crippen molar-refractivity contribution >= 4 is 26.7 Å². The number of imidazole rings is 1. The van der Waals surface area contributed by atoms with Gasteiger partial charge < -0.3 is 9.64 Å². The lowest BCUT2D eigenvalue weighted by Gasteiger charge is -2.29. The number of morpholine rings is 1. The minimum atomic E-state index is -3.70. The first-order valence-electron chi connectivity index (χ1n) is 9.82. The average Bonchev–Trinajstić information content (AvgIpc) is 2.98. The molecule has 1 aliphatic heterocycles. The van der Waals surface area contributed by atoms with Gasteiger partial charge in [-0.25, -0.2) is 13.2 Å². The second-order valence-corrected chi connectivity index (χ2v) is 9.62. The molecule has 0 atom stereocenters. The van der Waals surface area contributed by atoms with Crippen molar-refractivity contribution in [3.05, 3.63) is 58.5 Å². The molecule has 0 N–H and O–H groups in total. The highest BCUT2D eigenvalue weighted by atomic mass is 32.2. The quantitative estimate of drug-likeness (QED) is 0.614. The highest BCUT2D eigenvalue weighted by molar-refractivity contribution is 7.89. The van der Waals surface area contributed by atoms with Crippen molar-refractivity contribution < 1.29 is 13.2 Å². The molecule has 2 heterocycles. The third-order valence-corrected chi connectivity index (χ3v) is 7.47. The standard InChI is InChI=1S/C21H26N4O4S/c1-22(15-16-4-6-17(7-5-16)25-10-12-29-13-11-25)30(27,28)18-8-9-19-20(14-18)24(3)21(26)23(19)2/h4-9,14H,10-13,15H2,1-3H3. The van der Waals surface area contributed by atoms with Crippen molar-refractivity contribution in [2.24, 2.45) is 14.1 Å². The molecule has 3 aromatic rings. The summed E-state index contributed by atoms with van der Waals surface area (Å²) >= 11 is 0. The molecule has 0 spiro atoms. The van der Waals surface area contributed by atoms with E-state index in [1.165, 1.54) is 13.4 Å². The van der Waals surface area contributed by atoms with Gasteiger partial charge in [-0.3, -0.25) is 9.13 Å². The van der Waals surface area contributed by atoms with Crippen LogP contribution in [-0.4, -0.2) is 55.2 Å². The Kier molecular flexibility index (Phi) is 5.44. The van der Waals surface area contributed by atoms with E-state index in [9.17, 15) is 13.2 Å². The molecule has 0 amide bonds. The van der Waals surface area contributed by atoms with Gasteiger partial charge in [0.25, 0.3) is 0 Å². The monoisotopic (exact) mass is 430 g/mol. The minimum Gasteiger partial charge on any atom is -0.378 e. The summed E-state index contributed by atoms with van der Waals surface area (Å²) in [6.07, 6.45) is 0. The molecule has 2 aromatic carbocycles. The van der Waals surface area contributed by atoms with Crippen LogP contribution in [0.5, 0.6) is 0 Å². The van der Waals surface area contributed by atoms with Crippen LogP contribution in [0.3, 0.4) is 0 Å². The van der Waals surface area contributed by atoms with Crippen molar-refractivity contribution in [2.45, 2.75) is 11.4 Å². The molecule has 1 saturated heterocycles. The predicted octanol–water partition coefficient (Wildman–Crippen LogP) is 1.53. The summed E-state index contributed by atoms with van der Waals surface area (Å²) in [4.78, 5) is 14.5. The lowest BCUT2D eigenvalue weighted by molar-refractivity contribution is 0.122. The van der Waals surface area contributed by atoms with Gasteiger partial charge in [0, 0.05) is 46.5 Å². The zero-order valence-corrected chi connectivity index (χ0v) is 18.2. The van der Waals surface area contributed by atoms with Gasteiger partial charge in [0.1, 0.15) is 0 Å². The van der Waals surface area contributed by atoms with Crippen LogP contribution in [0.25, 0.3) is 11.0 Å².